The van der Waals surface area contributed by atoms with Crippen molar-refractivity contribution < 1.29 is 14.9 Å². The molecule has 0 aliphatic heterocycles. The fourth-order valence-corrected chi connectivity index (χ4v) is 3.13. The Morgan fingerprint density at radius 2 is 1.31 bits per heavy atom. The molecule has 1 unspecified atom stereocenters. The number of rotatable bonds is 7. The lowest BCUT2D eigenvalue weighted by molar-refractivity contribution is 0.0536. The Hall–Kier alpha value is -2.82. The number of aliphatic hydroxyl groups excluding tert-OH is 2. The first-order chi connectivity index (χ1) is 13.9. The van der Waals surface area contributed by atoms with Gasteiger partial charge in [0.05, 0.1) is 6.61 Å². The van der Waals surface area contributed by atoms with Gasteiger partial charge >= 0.3 is 0 Å². The Morgan fingerprint density at radius 1 is 0.759 bits per heavy atom. The predicted octanol–water partition coefficient (Wildman–Crippen LogP) is 5.12. The highest BCUT2D eigenvalue weighted by Crippen LogP contribution is 2.37. The first-order valence-corrected chi connectivity index (χ1v) is 9.85. The minimum absolute atomic E-state index is 0.0488. The Labute approximate surface area is 173 Å². The van der Waals surface area contributed by atoms with Crippen LogP contribution in [0.15, 0.2) is 60.7 Å². The van der Waals surface area contributed by atoms with Gasteiger partial charge in [0.2, 0.25) is 0 Å². The van der Waals surface area contributed by atoms with Gasteiger partial charge in [-0.3, -0.25) is 0 Å². The highest BCUT2D eigenvalue weighted by atomic mass is 16.5. The van der Waals surface area contributed by atoms with E-state index in [4.69, 9.17) is 9.84 Å². The van der Waals surface area contributed by atoms with Gasteiger partial charge in [-0.1, -0.05) is 18.2 Å². The summed E-state index contributed by atoms with van der Waals surface area (Å²) in [6.07, 6.45) is -0.894. The second kappa shape index (κ2) is 9.12. The highest BCUT2D eigenvalue weighted by molar-refractivity contribution is 5.78. The molecule has 0 saturated heterocycles. The second-order valence-corrected chi connectivity index (χ2v) is 7.52. The Balaban J connectivity index is 2.05. The lowest BCUT2D eigenvalue weighted by atomic mass is 10.1. The van der Waals surface area contributed by atoms with Crippen LogP contribution in [-0.2, 0) is 0 Å². The van der Waals surface area contributed by atoms with Crippen LogP contribution in [0.1, 0.15) is 22.3 Å². The molecule has 0 amide bonds. The summed E-state index contributed by atoms with van der Waals surface area (Å²) in [6, 6.07) is 20.7. The van der Waals surface area contributed by atoms with Crippen molar-refractivity contribution in [1.82, 2.24) is 0 Å². The van der Waals surface area contributed by atoms with Gasteiger partial charge in [-0.25, -0.2) is 0 Å². The first-order valence-electron chi connectivity index (χ1n) is 9.85. The average Bonchev–Trinajstić information content (AvgIpc) is 2.72. The van der Waals surface area contributed by atoms with E-state index in [2.05, 4.69) is 69.0 Å². The van der Waals surface area contributed by atoms with Crippen LogP contribution in [0, 0.1) is 27.7 Å². The standard InChI is InChI=1S/C25H29NO3/c1-17-8-10-22(12-19(17)3)26(23-11-9-18(2)20(4)13-23)21-6-5-7-25(14-21)29-16-24(28)15-27/h5-14,24,27-28H,15-16H2,1-4H3. The number of aryl methyl sites for hydroxylation is 4. The minimum atomic E-state index is -0.894. The number of anilines is 3. The van der Waals surface area contributed by atoms with Gasteiger partial charge < -0.3 is 19.8 Å². The Morgan fingerprint density at radius 3 is 1.83 bits per heavy atom. The van der Waals surface area contributed by atoms with Gasteiger partial charge in [-0.2, -0.15) is 0 Å². The number of hydrogen-bond acceptors (Lipinski definition) is 4. The van der Waals surface area contributed by atoms with Gasteiger partial charge in [-0.05, 0) is 86.3 Å². The van der Waals surface area contributed by atoms with Crippen molar-refractivity contribution in [1.29, 1.82) is 0 Å². The maximum Gasteiger partial charge on any atom is 0.121 e. The molecule has 2 N–H and O–H groups in total. The summed E-state index contributed by atoms with van der Waals surface area (Å²) in [6.45, 7) is 8.19. The van der Waals surface area contributed by atoms with Crippen LogP contribution in [0.2, 0.25) is 0 Å². The molecule has 0 bridgehead atoms. The smallest absolute Gasteiger partial charge is 0.121 e. The van der Waals surface area contributed by atoms with E-state index in [-0.39, 0.29) is 13.2 Å². The molecule has 29 heavy (non-hydrogen) atoms. The molecule has 3 rings (SSSR count). The van der Waals surface area contributed by atoms with E-state index >= 15 is 0 Å². The fraction of sp³-hybridized carbons (Fsp3) is 0.280. The molecule has 0 radical (unpaired) electrons. The highest BCUT2D eigenvalue weighted by Gasteiger charge is 2.15. The van der Waals surface area contributed by atoms with Gasteiger partial charge in [0.15, 0.2) is 0 Å². The summed E-state index contributed by atoms with van der Waals surface area (Å²) < 4.78 is 5.67. The van der Waals surface area contributed by atoms with Crippen molar-refractivity contribution in [3.05, 3.63) is 82.9 Å². The van der Waals surface area contributed by atoms with E-state index in [1.54, 1.807) is 0 Å². The van der Waals surface area contributed by atoms with Gasteiger partial charge in [0, 0.05) is 23.1 Å². The van der Waals surface area contributed by atoms with Crippen molar-refractivity contribution in [2.45, 2.75) is 33.8 Å². The molecule has 0 aromatic heterocycles. The monoisotopic (exact) mass is 391 g/mol. The van der Waals surface area contributed by atoms with E-state index in [9.17, 15) is 5.11 Å². The van der Waals surface area contributed by atoms with E-state index in [1.165, 1.54) is 22.3 Å². The second-order valence-electron chi connectivity index (χ2n) is 7.52. The number of ether oxygens (including phenoxy) is 1. The van der Waals surface area contributed by atoms with Gasteiger partial charge in [-0.15, -0.1) is 0 Å². The minimum Gasteiger partial charge on any atom is -0.491 e. The zero-order chi connectivity index (χ0) is 21.0. The number of aliphatic hydroxyl groups is 2. The molecule has 0 spiro atoms. The molecule has 0 fully saturated rings. The molecular weight excluding hydrogens is 362 g/mol. The van der Waals surface area contributed by atoms with Crippen LogP contribution in [-0.4, -0.2) is 29.5 Å². The lowest BCUT2D eigenvalue weighted by Crippen LogP contribution is -2.21. The zero-order valence-electron chi connectivity index (χ0n) is 17.5. The fourth-order valence-electron chi connectivity index (χ4n) is 3.13. The quantitative estimate of drug-likeness (QED) is 0.587. The topological polar surface area (TPSA) is 52.9 Å². The molecule has 152 valence electrons. The Kier molecular flexibility index (Phi) is 6.57. The predicted molar refractivity (Wildman–Crippen MR) is 119 cm³/mol. The first kappa shape index (κ1) is 20.9. The summed E-state index contributed by atoms with van der Waals surface area (Å²) in [5.74, 6) is 0.646. The molecule has 4 nitrogen and oxygen atoms in total. The van der Waals surface area contributed by atoms with E-state index < -0.39 is 6.10 Å². The normalized spacial score (nSPS) is 11.9. The van der Waals surface area contributed by atoms with Crippen molar-refractivity contribution in [2.24, 2.45) is 0 Å². The van der Waals surface area contributed by atoms with Crippen LogP contribution in [0.5, 0.6) is 5.75 Å². The van der Waals surface area contributed by atoms with E-state index in [0.29, 0.717) is 5.75 Å². The SMILES string of the molecule is Cc1ccc(N(c2cccc(OCC(O)CO)c2)c2ccc(C)c(C)c2)cc1C. The van der Waals surface area contributed by atoms with E-state index in [0.717, 1.165) is 17.1 Å². The van der Waals surface area contributed by atoms with Gasteiger partial charge in [0.1, 0.15) is 18.5 Å². The maximum atomic E-state index is 9.58. The van der Waals surface area contributed by atoms with Gasteiger partial charge in [0.25, 0.3) is 0 Å². The average molecular weight is 392 g/mol. The number of nitrogens with zero attached hydrogens (tertiary/aromatic N) is 1. The van der Waals surface area contributed by atoms with Crippen LogP contribution >= 0.6 is 0 Å². The maximum absolute atomic E-state index is 9.58. The number of hydrogen-bond donors (Lipinski definition) is 2. The van der Waals surface area contributed by atoms with Crippen molar-refractivity contribution in [2.75, 3.05) is 18.1 Å². The van der Waals surface area contributed by atoms with Crippen molar-refractivity contribution in [3.8, 4) is 5.75 Å². The zero-order valence-corrected chi connectivity index (χ0v) is 17.5. The summed E-state index contributed by atoms with van der Waals surface area (Å²) in [5, 5.41) is 18.6. The molecule has 0 heterocycles. The third kappa shape index (κ3) is 4.97. The van der Waals surface area contributed by atoms with Crippen LogP contribution in [0.25, 0.3) is 0 Å². The third-order valence-corrected chi connectivity index (χ3v) is 5.23. The van der Waals surface area contributed by atoms with Crippen LogP contribution in [0.3, 0.4) is 0 Å². The molecule has 3 aromatic rings. The summed E-state index contributed by atoms with van der Waals surface area (Å²) in [7, 11) is 0. The molecular formula is C25H29NO3. The molecule has 0 aliphatic rings. The van der Waals surface area contributed by atoms with Crippen molar-refractivity contribution in [3.63, 3.8) is 0 Å². The largest absolute Gasteiger partial charge is 0.491 e. The molecule has 4 heteroatoms. The van der Waals surface area contributed by atoms with Crippen molar-refractivity contribution >= 4 is 17.1 Å². The molecule has 3 aromatic carbocycles. The number of benzene rings is 3. The molecule has 0 saturated carbocycles. The van der Waals surface area contributed by atoms with Crippen LogP contribution in [0.4, 0.5) is 17.1 Å². The summed E-state index contributed by atoms with van der Waals surface area (Å²) in [4.78, 5) is 2.20. The Bertz CT molecular complexity index is 932. The molecule has 1 atom stereocenters. The van der Waals surface area contributed by atoms with E-state index in [1.807, 2.05) is 24.3 Å². The molecule has 0 aliphatic carbocycles. The third-order valence-electron chi connectivity index (χ3n) is 5.23. The van der Waals surface area contributed by atoms with Crippen LogP contribution < -0.4 is 9.64 Å². The summed E-state index contributed by atoms with van der Waals surface area (Å²) in [5.41, 5.74) is 8.08. The summed E-state index contributed by atoms with van der Waals surface area (Å²) >= 11 is 0. The lowest BCUT2D eigenvalue weighted by Gasteiger charge is -2.27.